The molecule has 1 N–H and O–H groups in total. The van der Waals surface area contributed by atoms with E-state index in [1.165, 1.54) is 12.1 Å². The molecule has 7 heteroatoms. The zero-order chi connectivity index (χ0) is 19.9. The number of rotatable bonds is 6. The fraction of sp³-hybridized carbons (Fsp3) is 0.143. The van der Waals surface area contributed by atoms with Crippen LogP contribution in [0, 0.1) is 5.82 Å². The van der Waals surface area contributed by atoms with Crippen LogP contribution in [0.4, 0.5) is 9.18 Å². The van der Waals surface area contributed by atoms with E-state index in [-0.39, 0.29) is 11.8 Å². The van der Waals surface area contributed by atoms with E-state index in [1.54, 1.807) is 35.4 Å². The monoisotopic (exact) mass is 417 g/mol. The van der Waals surface area contributed by atoms with Crippen molar-refractivity contribution in [3.63, 3.8) is 0 Å². The van der Waals surface area contributed by atoms with Crippen molar-refractivity contribution >= 4 is 29.2 Å². The lowest BCUT2D eigenvalue weighted by molar-refractivity contribution is 0.191. The molecule has 3 rings (SSSR count). The van der Waals surface area contributed by atoms with Gasteiger partial charge in [0, 0.05) is 19.3 Å². The second-order valence-electron chi connectivity index (χ2n) is 6.21. The third kappa shape index (κ3) is 5.68. The van der Waals surface area contributed by atoms with E-state index in [0.717, 1.165) is 16.8 Å². The van der Waals surface area contributed by atoms with Crippen molar-refractivity contribution in [3.8, 4) is 0 Å². The maximum absolute atomic E-state index is 13.0. The minimum atomic E-state index is -0.313. The summed E-state index contributed by atoms with van der Waals surface area (Å²) in [6.45, 7) is 0.957. The van der Waals surface area contributed by atoms with Crippen LogP contribution in [0.1, 0.15) is 16.8 Å². The summed E-state index contributed by atoms with van der Waals surface area (Å²) in [7, 11) is 0. The number of aromatic nitrogens is 1. The summed E-state index contributed by atoms with van der Waals surface area (Å²) >= 11 is 12.1. The third-order valence-corrected chi connectivity index (χ3v) is 4.82. The van der Waals surface area contributed by atoms with Crippen LogP contribution in [0.25, 0.3) is 0 Å². The van der Waals surface area contributed by atoms with Gasteiger partial charge in [0.2, 0.25) is 0 Å². The van der Waals surface area contributed by atoms with Gasteiger partial charge in [-0.2, -0.15) is 0 Å². The van der Waals surface area contributed by atoms with E-state index in [2.05, 4.69) is 10.3 Å². The summed E-state index contributed by atoms with van der Waals surface area (Å²) in [6.07, 6.45) is 1.68. The van der Waals surface area contributed by atoms with Gasteiger partial charge in [-0.1, -0.05) is 47.5 Å². The second-order valence-corrected chi connectivity index (χ2v) is 7.03. The molecule has 1 heterocycles. The van der Waals surface area contributed by atoms with E-state index in [9.17, 15) is 9.18 Å². The molecule has 144 valence electrons. The van der Waals surface area contributed by atoms with Gasteiger partial charge in [-0.25, -0.2) is 9.18 Å². The van der Waals surface area contributed by atoms with Crippen molar-refractivity contribution < 1.29 is 9.18 Å². The molecule has 0 saturated heterocycles. The molecule has 0 aliphatic carbocycles. The largest absolute Gasteiger partial charge is 0.334 e. The highest BCUT2D eigenvalue weighted by atomic mass is 35.5. The minimum Gasteiger partial charge on any atom is -0.334 e. The van der Waals surface area contributed by atoms with E-state index in [0.29, 0.717) is 29.7 Å². The van der Waals surface area contributed by atoms with Crippen LogP contribution in [0.15, 0.2) is 66.9 Å². The summed E-state index contributed by atoms with van der Waals surface area (Å²) in [5.41, 5.74) is 2.42. The summed E-state index contributed by atoms with van der Waals surface area (Å²) in [6, 6.07) is 16.6. The number of pyridine rings is 1. The molecule has 1 aromatic heterocycles. The number of carbonyl (C=O) groups excluding carboxylic acids is 1. The molecule has 4 nitrogen and oxygen atoms in total. The van der Waals surface area contributed by atoms with Gasteiger partial charge >= 0.3 is 6.03 Å². The molecular weight excluding hydrogens is 400 g/mol. The molecule has 2 amide bonds. The summed E-state index contributed by atoms with van der Waals surface area (Å²) in [4.78, 5) is 18.7. The smallest absolute Gasteiger partial charge is 0.318 e. The number of urea groups is 1. The summed E-state index contributed by atoms with van der Waals surface area (Å²) < 4.78 is 13.0. The lowest BCUT2D eigenvalue weighted by Gasteiger charge is -2.23. The molecule has 28 heavy (non-hydrogen) atoms. The molecule has 2 aromatic carbocycles. The van der Waals surface area contributed by atoms with Crippen molar-refractivity contribution in [2.75, 3.05) is 0 Å². The number of benzene rings is 2. The summed E-state index contributed by atoms with van der Waals surface area (Å²) in [5, 5.41) is 3.76. The van der Waals surface area contributed by atoms with Gasteiger partial charge in [-0.3, -0.25) is 4.98 Å². The van der Waals surface area contributed by atoms with Crippen LogP contribution in [0.3, 0.4) is 0 Å². The van der Waals surface area contributed by atoms with Gasteiger partial charge in [0.25, 0.3) is 0 Å². The molecule has 0 saturated carbocycles. The number of halogens is 3. The first kappa shape index (κ1) is 20.1. The molecule has 0 aliphatic heterocycles. The Balaban J connectivity index is 1.73. The Hall–Kier alpha value is -2.63. The average molecular weight is 418 g/mol. The molecule has 0 radical (unpaired) electrons. The first-order chi connectivity index (χ1) is 13.5. The van der Waals surface area contributed by atoms with Crippen LogP contribution in [-0.2, 0) is 19.6 Å². The Bertz CT molecular complexity index is 936. The predicted octanol–water partition coefficient (Wildman–Crippen LogP) is 5.44. The summed E-state index contributed by atoms with van der Waals surface area (Å²) in [5.74, 6) is -0.313. The van der Waals surface area contributed by atoms with Crippen molar-refractivity contribution in [1.29, 1.82) is 0 Å². The second kappa shape index (κ2) is 9.53. The van der Waals surface area contributed by atoms with Crippen LogP contribution in [-0.4, -0.2) is 15.9 Å². The highest BCUT2D eigenvalue weighted by Crippen LogP contribution is 2.23. The number of carbonyl (C=O) groups is 1. The van der Waals surface area contributed by atoms with Crippen LogP contribution in [0.5, 0.6) is 0 Å². The highest BCUT2D eigenvalue weighted by molar-refractivity contribution is 6.42. The molecule has 0 spiro atoms. The Labute approximate surface area is 172 Å². The van der Waals surface area contributed by atoms with Gasteiger partial charge in [-0.05, 0) is 47.5 Å². The minimum absolute atomic E-state index is 0.263. The Morgan fingerprint density at radius 3 is 2.39 bits per heavy atom. The first-order valence-electron chi connectivity index (χ1n) is 8.62. The lowest BCUT2D eigenvalue weighted by atomic mass is 10.2. The van der Waals surface area contributed by atoms with Gasteiger partial charge < -0.3 is 10.2 Å². The van der Waals surface area contributed by atoms with Gasteiger partial charge in [0.05, 0.1) is 22.3 Å². The Morgan fingerprint density at radius 1 is 0.964 bits per heavy atom. The Morgan fingerprint density at radius 2 is 1.71 bits per heavy atom. The normalized spacial score (nSPS) is 10.5. The standard InChI is InChI=1S/C21H18Cl2FN3O/c22-19-9-6-16(11-20(19)23)13-27(14-18-3-1-2-10-25-18)21(28)26-12-15-4-7-17(24)8-5-15/h1-11H,12-14H2,(H,26,28). The van der Waals surface area contributed by atoms with Crippen LogP contribution in [0.2, 0.25) is 10.0 Å². The highest BCUT2D eigenvalue weighted by Gasteiger charge is 2.16. The quantitative estimate of drug-likeness (QED) is 0.580. The topological polar surface area (TPSA) is 45.2 Å². The molecule has 0 atom stereocenters. The molecule has 0 fully saturated rings. The van der Waals surface area contributed by atoms with E-state index < -0.39 is 0 Å². The zero-order valence-electron chi connectivity index (χ0n) is 14.9. The van der Waals surface area contributed by atoms with Gasteiger partial charge in [0.1, 0.15) is 5.82 Å². The molecular formula is C21H18Cl2FN3O. The van der Waals surface area contributed by atoms with Crippen molar-refractivity contribution in [2.24, 2.45) is 0 Å². The first-order valence-corrected chi connectivity index (χ1v) is 9.38. The van der Waals surface area contributed by atoms with Crippen LogP contribution < -0.4 is 5.32 Å². The number of nitrogens with zero attached hydrogens (tertiary/aromatic N) is 2. The zero-order valence-corrected chi connectivity index (χ0v) is 16.4. The van der Waals surface area contributed by atoms with Crippen molar-refractivity contribution in [2.45, 2.75) is 19.6 Å². The number of nitrogens with one attached hydrogen (secondary N) is 1. The lowest BCUT2D eigenvalue weighted by Crippen LogP contribution is -2.39. The third-order valence-electron chi connectivity index (χ3n) is 4.08. The number of hydrogen-bond acceptors (Lipinski definition) is 2. The van der Waals surface area contributed by atoms with Gasteiger partial charge in [0.15, 0.2) is 0 Å². The van der Waals surface area contributed by atoms with E-state index in [4.69, 9.17) is 23.2 Å². The fourth-order valence-corrected chi connectivity index (χ4v) is 2.96. The number of amides is 2. The fourth-order valence-electron chi connectivity index (χ4n) is 2.64. The number of hydrogen-bond donors (Lipinski definition) is 1. The van der Waals surface area contributed by atoms with Crippen LogP contribution >= 0.6 is 23.2 Å². The molecule has 0 bridgehead atoms. The SMILES string of the molecule is O=C(NCc1ccc(F)cc1)N(Cc1ccc(Cl)c(Cl)c1)Cc1ccccn1. The molecule has 3 aromatic rings. The average Bonchev–Trinajstić information content (AvgIpc) is 2.70. The molecule has 0 aliphatic rings. The Kier molecular flexibility index (Phi) is 6.85. The van der Waals surface area contributed by atoms with Crippen molar-refractivity contribution in [1.82, 2.24) is 15.2 Å². The molecule has 0 unspecified atom stereocenters. The maximum Gasteiger partial charge on any atom is 0.318 e. The predicted molar refractivity (Wildman–Crippen MR) is 109 cm³/mol. The van der Waals surface area contributed by atoms with E-state index in [1.807, 2.05) is 24.3 Å². The maximum atomic E-state index is 13.0. The van der Waals surface area contributed by atoms with Crippen molar-refractivity contribution in [3.05, 3.63) is 99.5 Å². The van der Waals surface area contributed by atoms with Gasteiger partial charge in [-0.15, -0.1) is 0 Å². The van der Waals surface area contributed by atoms with E-state index >= 15 is 0 Å².